The average molecular weight is 406 g/mol. The van der Waals surface area contributed by atoms with E-state index >= 15 is 0 Å². The van der Waals surface area contributed by atoms with Crippen LogP contribution in [-0.2, 0) is 11.2 Å². The normalized spacial score (nSPS) is 15.7. The minimum Gasteiger partial charge on any atom is -0.388 e. The molecule has 0 saturated heterocycles. The van der Waals surface area contributed by atoms with Crippen LogP contribution in [0.15, 0.2) is 36.4 Å². The number of nitrogens with one attached hydrogen (secondary N) is 1. The second kappa shape index (κ2) is 5.91. The van der Waals surface area contributed by atoms with Crippen LogP contribution in [-0.4, -0.2) is 16.1 Å². The van der Waals surface area contributed by atoms with Crippen LogP contribution in [0.1, 0.15) is 40.8 Å². The Morgan fingerprint density at radius 1 is 1.18 bits per heavy atom. The van der Waals surface area contributed by atoms with E-state index in [0.717, 1.165) is 12.1 Å². The highest BCUT2D eigenvalue weighted by Crippen LogP contribution is 2.41. The first-order valence-electron chi connectivity index (χ1n) is 7.37. The zero-order chi connectivity index (χ0) is 15.9. The summed E-state index contributed by atoms with van der Waals surface area (Å²) in [4.78, 5) is 12.0. The number of hydrogen-bond acceptors (Lipinski definition) is 2. The molecule has 1 N–H and O–H groups in total. The summed E-state index contributed by atoms with van der Waals surface area (Å²) in [6.45, 7) is 3.73. The summed E-state index contributed by atoms with van der Waals surface area (Å²) in [5.74, 6) is 0.0719. The standard InChI is InChI=1S/C18H19IN2O/c1-11-4-6-16-13(8-11)9-14-10-15(20-3)5-7-17(14)18(16)21(19)12(2)22/h4-8,10,18,20H,9H2,1-3H3. The molecule has 4 heteroatoms. The third kappa shape index (κ3) is 2.60. The minimum atomic E-state index is -0.0108. The van der Waals surface area contributed by atoms with Crippen LogP contribution in [0.3, 0.4) is 0 Å². The predicted molar refractivity (Wildman–Crippen MR) is 98.4 cm³/mol. The van der Waals surface area contributed by atoms with Crippen molar-refractivity contribution in [2.75, 3.05) is 12.4 Å². The average Bonchev–Trinajstić information content (AvgIpc) is 2.51. The Balaban J connectivity index is 2.18. The minimum absolute atomic E-state index is 0.0108. The molecular formula is C18H19IN2O. The molecule has 2 aromatic carbocycles. The van der Waals surface area contributed by atoms with Gasteiger partial charge in [0.25, 0.3) is 0 Å². The first kappa shape index (κ1) is 15.3. The van der Waals surface area contributed by atoms with Crippen LogP contribution < -0.4 is 5.32 Å². The number of halogens is 1. The van der Waals surface area contributed by atoms with Crippen molar-refractivity contribution >= 4 is 34.5 Å². The fraction of sp³-hybridized carbons (Fsp3) is 0.278. The highest BCUT2D eigenvalue weighted by atomic mass is 127. The lowest BCUT2D eigenvalue weighted by molar-refractivity contribution is -0.123. The number of rotatable bonds is 2. The molecule has 1 aliphatic rings. The van der Waals surface area contributed by atoms with Gasteiger partial charge in [0.1, 0.15) is 0 Å². The Labute approximate surface area is 145 Å². The molecule has 1 aliphatic carbocycles. The fourth-order valence-electron chi connectivity index (χ4n) is 3.13. The largest absolute Gasteiger partial charge is 0.388 e. The number of fused-ring (bicyclic) bond motifs is 2. The van der Waals surface area contributed by atoms with E-state index in [4.69, 9.17) is 0 Å². The molecule has 1 amide bonds. The van der Waals surface area contributed by atoms with Gasteiger partial charge in [0.15, 0.2) is 0 Å². The molecule has 3 nitrogen and oxygen atoms in total. The number of nitrogens with zero attached hydrogens (tertiary/aromatic N) is 1. The molecule has 0 aromatic heterocycles. The van der Waals surface area contributed by atoms with Crippen molar-refractivity contribution in [1.82, 2.24) is 3.11 Å². The molecule has 2 aromatic rings. The maximum Gasteiger partial charge on any atom is 0.228 e. The molecule has 0 heterocycles. The first-order valence-corrected chi connectivity index (χ1v) is 8.33. The van der Waals surface area contributed by atoms with Crippen LogP contribution in [0.5, 0.6) is 0 Å². The van der Waals surface area contributed by atoms with E-state index in [1.165, 1.54) is 27.8 Å². The van der Waals surface area contributed by atoms with Gasteiger partial charge in [-0.15, -0.1) is 0 Å². The summed E-state index contributed by atoms with van der Waals surface area (Å²) < 4.78 is 1.81. The molecule has 1 atom stereocenters. The van der Waals surface area contributed by atoms with Gasteiger partial charge in [-0.3, -0.25) is 7.91 Å². The van der Waals surface area contributed by atoms with E-state index < -0.39 is 0 Å². The highest BCUT2D eigenvalue weighted by Gasteiger charge is 2.30. The molecule has 1 unspecified atom stereocenters. The van der Waals surface area contributed by atoms with Crippen LogP contribution in [0.2, 0.25) is 0 Å². The van der Waals surface area contributed by atoms with Gasteiger partial charge in [0.05, 0.1) is 28.9 Å². The molecular weight excluding hydrogens is 387 g/mol. The van der Waals surface area contributed by atoms with Crippen molar-refractivity contribution in [3.8, 4) is 0 Å². The molecule has 0 fully saturated rings. The van der Waals surface area contributed by atoms with E-state index in [0.29, 0.717) is 0 Å². The van der Waals surface area contributed by atoms with Crippen LogP contribution in [0.25, 0.3) is 0 Å². The number of benzene rings is 2. The number of aryl methyl sites for hydroxylation is 1. The van der Waals surface area contributed by atoms with Crippen LogP contribution in [0, 0.1) is 6.92 Å². The Kier molecular flexibility index (Phi) is 4.12. The van der Waals surface area contributed by atoms with Crippen molar-refractivity contribution in [2.45, 2.75) is 26.3 Å². The van der Waals surface area contributed by atoms with Gasteiger partial charge in [0.2, 0.25) is 5.91 Å². The van der Waals surface area contributed by atoms with Gasteiger partial charge < -0.3 is 5.32 Å². The van der Waals surface area contributed by atoms with Crippen molar-refractivity contribution in [2.24, 2.45) is 0 Å². The van der Waals surface area contributed by atoms with Gasteiger partial charge >= 0.3 is 0 Å². The Bertz CT molecular complexity index is 742. The lowest BCUT2D eigenvalue weighted by Crippen LogP contribution is -2.28. The summed E-state index contributed by atoms with van der Waals surface area (Å²) in [5, 5.41) is 3.20. The van der Waals surface area contributed by atoms with Crippen molar-refractivity contribution in [3.05, 3.63) is 64.2 Å². The van der Waals surface area contributed by atoms with Crippen molar-refractivity contribution in [3.63, 3.8) is 0 Å². The van der Waals surface area contributed by atoms with Crippen LogP contribution in [0.4, 0.5) is 5.69 Å². The summed E-state index contributed by atoms with van der Waals surface area (Å²) in [5.41, 5.74) is 7.43. The highest BCUT2D eigenvalue weighted by molar-refractivity contribution is 14.1. The van der Waals surface area contributed by atoms with Gasteiger partial charge in [-0.05, 0) is 47.7 Å². The summed E-state index contributed by atoms with van der Waals surface area (Å²) in [6.07, 6.45) is 0.917. The molecule has 114 valence electrons. The lowest BCUT2D eigenvalue weighted by Gasteiger charge is -2.33. The fourth-order valence-corrected chi connectivity index (χ4v) is 3.73. The van der Waals surface area contributed by atoms with E-state index in [2.05, 4.69) is 71.5 Å². The Hall–Kier alpha value is -1.56. The second-order valence-electron chi connectivity index (χ2n) is 5.78. The van der Waals surface area contributed by atoms with E-state index in [1.54, 1.807) is 6.92 Å². The number of carbonyl (C=O) groups excluding carboxylic acids is 1. The van der Waals surface area contributed by atoms with Gasteiger partial charge in [-0.25, -0.2) is 0 Å². The van der Waals surface area contributed by atoms with Crippen molar-refractivity contribution in [1.29, 1.82) is 0 Å². The monoisotopic (exact) mass is 406 g/mol. The number of anilines is 1. The van der Waals surface area contributed by atoms with Gasteiger partial charge in [-0.1, -0.05) is 29.8 Å². The Morgan fingerprint density at radius 2 is 1.82 bits per heavy atom. The third-order valence-corrected chi connectivity index (χ3v) is 5.46. The van der Waals surface area contributed by atoms with Gasteiger partial charge in [0, 0.05) is 19.7 Å². The van der Waals surface area contributed by atoms with Crippen LogP contribution >= 0.6 is 22.9 Å². The van der Waals surface area contributed by atoms with Crippen molar-refractivity contribution < 1.29 is 4.79 Å². The topological polar surface area (TPSA) is 32.3 Å². The Morgan fingerprint density at radius 3 is 2.45 bits per heavy atom. The maximum absolute atomic E-state index is 12.0. The lowest BCUT2D eigenvalue weighted by atomic mass is 9.81. The second-order valence-corrected chi connectivity index (χ2v) is 6.81. The third-order valence-electron chi connectivity index (χ3n) is 4.23. The number of hydrogen-bond donors (Lipinski definition) is 1. The molecule has 22 heavy (non-hydrogen) atoms. The molecule has 0 bridgehead atoms. The molecule has 0 radical (unpaired) electrons. The van der Waals surface area contributed by atoms with E-state index in [9.17, 15) is 4.79 Å². The molecule has 0 saturated carbocycles. The zero-order valence-corrected chi connectivity index (χ0v) is 15.1. The number of carbonyl (C=O) groups is 1. The zero-order valence-electron chi connectivity index (χ0n) is 13.0. The maximum atomic E-state index is 12.0. The van der Waals surface area contributed by atoms with E-state index in [1.807, 2.05) is 10.2 Å². The summed E-state index contributed by atoms with van der Waals surface area (Å²) in [7, 11) is 1.93. The van der Waals surface area contributed by atoms with E-state index in [-0.39, 0.29) is 11.9 Å². The molecule has 3 rings (SSSR count). The summed E-state index contributed by atoms with van der Waals surface area (Å²) >= 11 is 2.14. The first-order chi connectivity index (χ1) is 10.5. The quantitative estimate of drug-likeness (QED) is 0.598. The predicted octanol–water partition coefficient (Wildman–Crippen LogP) is 4.23. The molecule has 0 aliphatic heterocycles. The molecule has 0 spiro atoms. The number of amides is 1. The SMILES string of the molecule is CNc1ccc2c(c1)Cc1cc(C)ccc1C2N(I)C(C)=O. The smallest absolute Gasteiger partial charge is 0.228 e. The summed E-state index contributed by atoms with van der Waals surface area (Å²) in [6, 6.07) is 12.9. The van der Waals surface area contributed by atoms with Gasteiger partial charge in [-0.2, -0.15) is 0 Å².